The smallest absolute Gasteiger partial charge is 0.275 e. The second kappa shape index (κ2) is 12.7. The van der Waals surface area contributed by atoms with Gasteiger partial charge in [0, 0.05) is 17.9 Å². The first kappa shape index (κ1) is 33.4. The number of hydrogen-bond donors (Lipinski definition) is 2. The molecule has 0 spiro atoms. The van der Waals surface area contributed by atoms with Gasteiger partial charge in [-0.1, -0.05) is 42.0 Å². The van der Waals surface area contributed by atoms with Crippen molar-refractivity contribution >= 4 is 27.7 Å². The molecule has 0 aliphatic carbocycles. The number of sulfonamides is 1. The van der Waals surface area contributed by atoms with Crippen LogP contribution in [0.5, 0.6) is 0 Å². The third kappa shape index (κ3) is 6.93. The summed E-state index contributed by atoms with van der Waals surface area (Å²) in [4.78, 5) is 43.4. The van der Waals surface area contributed by atoms with Crippen LogP contribution in [0.1, 0.15) is 38.9 Å². The van der Waals surface area contributed by atoms with Crippen LogP contribution in [-0.2, 0) is 25.8 Å². The summed E-state index contributed by atoms with van der Waals surface area (Å²) < 4.78 is 69.3. The van der Waals surface area contributed by atoms with Crippen molar-refractivity contribution < 1.29 is 46.0 Å². The maximum atomic E-state index is 13.5. The van der Waals surface area contributed by atoms with E-state index in [-0.39, 0.29) is 32.7 Å². The van der Waals surface area contributed by atoms with Gasteiger partial charge in [-0.2, -0.15) is 23.3 Å². The summed E-state index contributed by atoms with van der Waals surface area (Å²) >= 11 is 0. The number of aryl methyl sites for hydroxylation is 1. The van der Waals surface area contributed by atoms with Crippen LogP contribution in [-0.4, -0.2) is 76.2 Å². The highest BCUT2D eigenvalue weighted by Gasteiger charge is 2.40. The maximum absolute atomic E-state index is 13.5. The van der Waals surface area contributed by atoms with Crippen molar-refractivity contribution in [1.82, 2.24) is 29.7 Å². The number of carbonyl (C=O) groups is 3. The molecule has 246 valence electrons. The number of imide groups is 1. The van der Waals surface area contributed by atoms with Crippen LogP contribution >= 0.6 is 0 Å². The van der Waals surface area contributed by atoms with Crippen LogP contribution in [0.4, 0.5) is 13.2 Å². The average molecular weight is 673 g/mol. The molecule has 4 aromatic rings. The SMILES string of the molecule is Cc1ccc(-c2cc(C(F)(F)F)nn2-c2ccc(S(=O)(=O)NC(=O)CN(C)N(O)OC(C)N3C(=O)c4ccccc4C3=O)cc2)cc1. The van der Waals surface area contributed by atoms with E-state index in [1.807, 2.05) is 11.6 Å². The lowest BCUT2D eigenvalue weighted by atomic mass is 10.1. The third-order valence-electron chi connectivity index (χ3n) is 7.09. The van der Waals surface area contributed by atoms with Crippen molar-refractivity contribution in [2.75, 3.05) is 13.6 Å². The number of benzene rings is 3. The fourth-order valence-corrected chi connectivity index (χ4v) is 5.70. The highest BCUT2D eigenvalue weighted by atomic mass is 32.2. The molecule has 1 aliphatic rings. The van der Waals surface area contributed by atoms with Crippen molar-refractivity contribution in [2.45, 2.75) is 31.1 Å². The zero-order valence-electron chi connectivity index (χ0n) is 25.0. The van der Waals surface area contributed by atoms with E-state index in [1.54, 1.807) is 36.4 Å². The molecule has 13 nitrogen and oxygen atoms in total. The standard InChI is InChI=1S/C30H27F3N6O7S/c1-18-8-10-20(11-9-18)25-16-26(30(31,32)33)34-38(25)21-12-14-22(15-13-21)47(44,45)35-27(40)17-36(3)39(43)46-19(2)37-28(41)23-6-4-5-7-24(23)29(37)42/h4-16,19,43H,17H2,1-3H3,(H,35,40). The number of rotatable bonds is 10. The molecule has 2 heterocycles. The fourth-order valence-electron chi connectivity index (χ4n) is 4.72. The summed E-state index contributed by atoms with van der Waals surface area (Å²) in [7, 11) is -3.30. The van der Waals surface area contributed by atoms with Gasteiger partial charge >= 0.3 is 6.18 Å². The molecule has 0 radical (unpaired) electrons. The quantitative estimate of drug-likeness (QED) is 0.188. The molecule has 0 saturated heterocycles. The Labute approximate surface area is 266 Å². The van der Waals surface area contributed by atoms with E-state index in [0.29, 0.717) is 5.56 Å². The molecule has 2 N–H and O–H groups in total. The molecule has 3 aromatic carbocycles. The van der Waals surface area contributed by atoms with E-state index < -0.39 is 52.4 Å². The van der Waals surface area contributed by atoms with E-state index >= 15 is 0 Å². The maximum Gasteiger partial charge on any atom is 0.435 e. The number of likely N-dealkylation sites (N-methyl/N-ethyl adjacent to an activating group) is 1. The molecular weight excluding hydrogens is 645 g/mol. The van der Waals surface area contributed by atoms with Crippen molar-refractivity contribution in [3.8, 4) is 16.9 Å². The zero-order chi connectivity index (χ0) is 34.3. The molecule has 17 heteroatoms. The molecule has 1 aliphatic heterocycles. The summed E-state index contributed by atoms with van der Waals surface area (Å²) in [5, 5.41) is 14.8. The highest BCUT2D eigenvalue weighted by Crippen LogP contribution is 2.33. The van der Waals surface area contributed by atoms with Gasteiger partial charge in [0.15, 0.2) is 11.9 Å². The Balaban J connectivity index is 1.24. The van der Waals surface area contributed by atoms with Crippen LogP contribution in [0.15, 0.2) is 83.8 Å². The molecule has 5 rings (SSSR count). The number of hydrogen-bond acceptors (Lipinski definition) is 10. The number of halogens is 3. The second-order valence-corrected chi connectivity index (χ2v) is 12.2. The average Bonchev–Trinajstić information content (AvgIpc) is 3.57. The van der Waals surface area contributed by atoms with Crippen LogP contribution in [0.2, 0.25) is 0 Å². The predicted octanol–water partition coefficient (Wildman–Crippen LogP) is 3.78. The summed E-state index contributed by atoms with van der Waals surface area (Å²) in [5.41, 5.74) is 0.775. The number of amides is 3. The van der Waals surface area contributed by atoms with Gasteiger partial charge < -0.3 is 0 Å². The molecule has 1 unspecified atom stereocenters. The number of nitrogens with zero attached hydrogens (tertiary/aromatic N) is 5. The largest absolute Gasteiger partial charge is 0.435 e. The van der Waals surface area contributed by atoms with Gasteiger partial charge in [0.2, 0.25) is 5.91 Å². The van der Waals surface area contributed by atoms with Gasteiger partial charge in [-0.15, -0.1) is 0 Å². The van der Waals surface area contributed by atoms with Gasteiger partial charge in [0.05, 0.1) is 33.9 Å². The normalized spacial score (nSPS) is 14.2. The first-order valence-electron chi connectivity index (χ1n) is 13.8. The number of alkyl halides is 3. The number of hydrazine groups is 1. The third-order valence-corrected chi connectivity index (χ3v) is 8.48. The Kier molecular flexibility index (Phi) is 9.02. The Morgan fingerprint density at radius 3 is 2.13 bits per heavy atom. The Morgan fingerprint density at radius 1 is 1.00 bits per heavy atom. The fraction of sp³-hybridized carbons (Fsp3) is 0.200. The molecule has 1 atom stereocenters. The van der Waals surface area contributed by atoms with Crippen LogP contribution in [0, 0.1) is 6.92 Å². The summed E-state index contributed by atoms with van der Waals surface area (Å²) in [6.07, 6.45) is -6.04. The first-order valence-corrected chi connectivity index (χ1v) is 15.3. The summed E-state index contributed by atoms with van der Waals surface area (Å²) in [6, 6.07) is 18.4. The minimum Gasteiger partial charge on any atom is -0.275 e. The number of fused-ring (bicyclic) bond motifs is 1. The lowest BCUT2D eigenvalue weighted by Gasteiger charge is -2.29. The highest BCUT2D eigenvalue weighted by molar-refractivity contribution is 7.90. The predicted molar refractivity (Wildman–Crippen MR) is 158 cm³/mol. The molecule has 3 amide bonds. The number of carbonyl (C=O) groups excluding carboxylic acids is 3. The summed E-state index contributed by atoms with van der Waals surface area (Å²) in [5.74, 6) is -2.40. The van der Waals surface area contributed by atoms with Gasteiger partial charge in [-0.3, -0.25) is 19.6 Å². The monoisotopic (exact) mass is 672 g/mol. The lowest BCUT2D eigenvalue weighted by Crippen LogP contribution is -2.49. The minimum absolute atomic E-state index is 0.0835. The zero-order valence-corrected chi connectivity index (χ0v) is 25.8. The Bertz CT molecular complexity index is 1910. The minimum atomic E-state index is -4.73. The van der Waals surface area contributed by atoms with Gasteiger partial charge in [0.1, 0.15) is 0 Å². The van der Waals surface area contributed by atoms with Crippen molar-refractivity contribution in [2.24, 2.45) is 0 Å². The van der Waals surface area contributed by atoms with E-state index in [9.17, 15) is 41.2 Å². The van der Waals surface area contributed by atoms with E-state index in [1.165, 1.54) is 38.2 Å². The first-order chi connectivity index (χ1) is 22.1. The molecular formula is C30H27F3N6O7S. The lowest BCUT2D eigenvalue weighted by molar-refractivity contribution is -0.454. The van der Waals surface area contributed by atoms with Crippen LogP contribution in [0.3, 0.4) is 0 Å². The molecule has 0 fully saturated rings. The van der Waals surface area contributed by atoms with Crippen molar-refractivity contribution in [3.63, 3.8) is 0 Å². The van der Waals surface area contributed by atoms with E-state index in [4.69, 9.17) is 4.84 Å². The summed E-state index contributed by atoms with van der Waals surface area (Å²) in [6.45, 7) is 2.38. The van der Waals surface area contributed by atoms with Crippen molar-refractivity contribution in [3.05, 3.63) is 101 Å². The van der Waals surface area contributed by atoms with Crippen LogP contribution in [0.25, 0.3) is 16.9 Å². The van der Waals surface area contributed by atoms with Crippen LogP contribution < -0.4 is 4.72 Å². The Hall–Kier alpha value is -4.94. The topological polar surface area (TPSA) is 154 Å². The van der Waals surface area contributed by atoms with Gasteiger partial charge in [-0.05, 0) is 56.3 Å². The van der Waals surface area contributed by atoms with E-state index in [0.717, 1.165) is 38.4 Å². The Morgan fingerprint density at radius 2 is 1.57 bits per heavy atom. The van der Waals surface area contributed by atoms with E-state index in [2.05, 4.69) is 5.10 Å². The van der Waals surface area contributed by atoms with Crippen molar-refractivity contribution in [1.29, 1.82) is 0 Å². The molecule has 0 bridgehead atoms. The molecule has 1 aromatic heterocycles. The number of aromatic nitrogens is 2. The molecule has 0 saturated carbocycles. The molecule has 47 heavy (non-hydrogen) atoms. The number of nitrogens with one attached hydrogen (secondary N) is 1. The second-order valence-electron chi connectivity index (χ2n) is 10.5. The van der Waals surface area contributed by atoms with Gasteiger partial charge in [-0.25, -0.2) is 27.6 Å². The van der Waals surface area contributed by atoms with Gasteiger partial charge in [0.25, 0.3) is 21.8 Å².